The monoisotopic (exact) mass is 740 g/mol. The molecule has 5 heteroatoms. The molecule has 0 heterocycles. The number of aryl methyl sites for hydroxylation is 4. The van der Waals surface area contributed by atoms with Gasteiger partial charge in [-0.25, -0.2) is 0 Å². The maximum atomic E-state index is 2.68. The predicted octanol–water partition coefficient (Wildman–Crippen LogP) is 0.219. The van der Waals surface area contributed by atoms with Crippen molar-refractivity contribution in [1.29, 1.82) is 0 Å². The zero-order valence-electron chi connectivity index (χ0n) is 30.4. The summed E-state index contributed by atoms with van der Waals surface area (Å²) in [5, 5.41) is 4.84. The van der Waals surface area contributed by atoms with Crippen molar-refractivity contribution >= 4 is 23.6 Å². The van der Waals surface area contributed by atoms with Crippen molar-refractivity contribution in [3.05, 3.63) is 112 Å². The minimum absolute atomic E-state index is 0. The average Bonchev–Trinajstić information content (AvgIpc) is 3.21. The molecule has 0 radical (unpaired) electrons. The molecule has 2 aliphatic carbocycles. The summed E-state index contributed by atoms with van der Waals surface area (Å²) >= 11 is 2.54. The number of fused-ring (bicyclic) bond motifs is 1. The van der Waals surface area contributed by atoms with E-state index in [0.29, 0.717) is 27.5 Å². The fourth-order valence-electron chi connectivity index (χ4n) is 8.37. The molecule has 1 saturated carbocycles. The molecule has 47 heavy (non-hydrogen) atoms. The Bertz CT molecular complexity index is 1520. The minimum Gasteiger partial charge on any atom is -1.00 e. The van der Waals surface area contributed by atoms with Gasteiger partial charge in [0.2, 0.25) is 0 Å². The summed E-state index contributed by atoms with van der Waals surface area (Å²) in [7, 11) is -2.67. The van der Waals surface area contributed by atoms with Crippen LogP contribution in [0.15, 0.2) is 78.9 Å². The Balaban J connectivity index is 0.00000256. The second kappa shape index (κ2) is 15.9. The van der Waals surface area contributed by atoms with Gasteiger partial charge in [-0.05, 0) is 0 Å². The Kier molecular flexibility index (Phi) is 14.2. The van der Waals surface area contributed by atoms with Gasteiger partial charge in [0, 0.05) is 0 Å². The number of halogens is 3. The maximum absolute atomic E-state index is 2.68. The van der Waals surface area contributed by atoms with Crippen LogP contribution in [0.1, 0.15) is 95.7 Å². The first-order chi connectivity index (χ1) is 20.6. The van der Waals surface area contributed by atoms with E-state index in [1.165, 1.54) is 33.4 Å². The fourth-order valence-corrected chi connectivity index (χ4v) is 16.1. The fraction of sp³-hybridized carbons (Fsp3) is 0.476. The van der Waals surface area contributed by atoms with Crippen molar-refractivity contribution in [1.82, 2.24) is 0 Å². The quantitative estimate of drug-likeness (QED) is 0.251. The van der Waals surface area contributed by atoms with Crippen LogP contribution in [0, 0.1) is 31.6 Å². The Hall–Kier alpha value is -1.06. The molecule has 3 aromatic carbocycles. The van der Waals surface area contributed by atoms with Crippen LogP contribution in [0.25, 0.3) is 0 Å². The summed E-state index contributed by atoms with van der Waals surface area (Å²) in [5.41, 5.74) is 9.34. The Morgan fingerprint density at radius 3 is 1.47 bits per heavy atom. The van der Waals surface area contributed by atoms with E-state index in [4.69, 9.17) is 0 Å². The molecule has 0 N–H and O–H groups in total. The molecule has 1 fully saturated rings. The summed E-state index contributed by atoms with van der Waals surface area (Å²) in [6, 6.07) is 23.2. The van der Waals surface area contributed by atoms with Gasteiger partial charge in [-0.2, -0.15) is 0 Å². The molecule has 6 unspecified atom stereocenters. The topological polar surface area (TPSA) is 0 Å². The van der Waals surface area contributed by atoms with Gasteiger partial charge < -0.3 is 37.2 Å². The molecule has 252 valence electrons. The zero-order chi connectivity index (χ0) is 32.2. The maximum Gasteiger partial charge on any atom is -1.00 e. The number of benzene rings is 3. The molecule has 0 bridgehead atoms. The van der Waals surface area contributed by atoms with E-state index in [-0.39, 0.29) is 48.1 Å². The molecule has 0 amide bonds. The van der Waals surface area contributed by atoms with Gasteiger partial charge in [0.25, 0.3) is 0 Å². The average molecular weight is 742 g/mol. The molecular formula is C42H55Cl3SiTi. The smallest absolute Gasteiger partial charge is 1.00 e. The van der Waals surface area contributed by atoms with Crippen LogP contribution >= 0.6 is 0 Å². The van der Waals surface area contributed by atoms with Crippen LogP contribution in [-0.4, -0.2) is 8.07 Å². The molecule has 0 spiro atoms. The second-order valence-corrected chi connectivity index (χ2v) is 21.1. The molecule has 2 aliphatic rings. The molecule has 3 aromatic rings. The van der Waals surface area contributed by atoms with E-state index in [2.05, 4.69) is 175 Å². The van der Waals surface area contributed by atoms with Gasteiger partial charge in [0.05, 0.1) is 0 Å². The number of hydrogen-bond acceptors (Lipinski definition) is 0. The van der Waals surface area contributed by atoms with E-state index in [9.17, 15) is 0 Å². The summed E-state index contributed by atoms with van der Waals surface area (Å²) in [4.78, 5) is 0. The van der Waals surface area contributed by atoms with E-state index in [1.807, 2.05) is 0 Å². The minimum atomic E-state index is -2.67. The van der Waals surface area contributed by atoms with Crippen LogP contribution in [0.3, 0.4) is 0 Å². The van der Waals surface area contributed by atoms with Gasteiger partial charge in [0.15, 0.2) is 0 Å². The van der Waals surface area contributed by atoms with Gasteiger partial charge in [0.1, 0.15) is 0 Å². The normalized spacial score (nSPS) is 23.2. The largest absolute Gasteiger partial charge is 1.00 e. The van der Waals surface area contributed by atoms with Crippen LogP contribution < -0.4 is 52.8 Å². The predicted molar refractivity (Wildman–Crippen MR) is 192 cm³/mol. The summed E-state index contributed by atoms with van der Waals surface area (Å²) in [6.07, 6.45) is 11.9. The van der Waals surface area contributed by atoms with Crippen molar-refractivity contribution < 1.29 is 57.7 Å². The molecule has 0 aliphatic heterocycles. The van der Waals surface area contributed by atoms with Crippen molar-refractivity contribution in [3.8, 4) is 0 Å². The SMILES string of the molecule is CCc1cc(CC)cc([Si](c2cc(C)cc(C)c2)(c2cc(C(C)(C)C)cc(C(C)(C)C)c2)C2C(C)[CH]([Ti+3])C3C=CC=CC32)c1.[Cl-].[Cl-].[Cl-]. The third-order valence-corrected chi connectivity index (χ3v) is 17.7. The van der Waals surface area contributed by atoms with Crippen molar-refractivity contribution in [2.75, 3.05) is 0 Å². The molecule has 5 rings (SSSR count). The molecule has 0 saturated heterocycles. The standard InChI is InChI=1S/C42H55Si.3ClH.Ti/c1-12-31-22-32(13-2)24-37(23-31)43(36-19-28(3)18-29(4)20-36,40-30(5)21-33-16-14-15-17-39(33)40)38-26-34(41(6,7)8)25-35(27-38)42(9,10)11;;;;/h14-27,30,33,39-40H,12-13H2,1-11H3;3*1H;/q;;;;+3/p-3. The van der Waals surface area contributed by atoms with Gasteiger partial charge in [-0.1, -0.05) is 0 Å². The third-order valence-electron chi connectivity index (χ3n) is 10.8. The number of allylic oxidation sites excluding steroid dienone is 4. The molecule has 0 aromatic heterocycles. The summed E-state index contributed by atoms with van der Waals surface area (Å²) in [5.74, 6) is 1.71. The molecule has 0 nitrogen and oxygen atoms in total. The molecular weight excluding hydrogens is 687 g/mol. The van der Waals surface area contributed by atoms with Gasteiger partial charge in [-0.3, -0.25) is 0 Å². The van der Waals surface area contributed by atoms with Crippen LogP contribution in [0.5, 0.6) is 0 Å². The number of rotatable bonds is 6. The Morgan fingerprint density at radius 2 is 1.02 bits per heavy atom. The van der Waals surface area contributed by atoms with E-state index in [1.54, 1.807) is 15.6 Å². The molecule has 6 atom stereocenters. The van der Waals surface area contributed by atoms with Gasteiger partial charge in [-0.15, -0.1) is 0 Å². The van der Waals surface area contributed by atoms with Crippen LogP contribution in [0.4, 0.5) is 0 Å². The van der Waals surface area contributed by atoms with Crippen molar-refractivity contribution in [3.63, 3.8) is 0 Å². The van der Waals surface area contributed by atoms with Crippen molar-refractivity contribution in [2.45, 2.75) is 110 Å². The Labute approximate surface area is 318 Å². The van der Waals surface area contributed by atoms with Crippen molar-refractivity contribution in [2.24, 2.45) is 17.8 Å². The second-order valence-electron chi connectivity index (χ2n) is 16.1. The van der Waals surface area contributed by atoms with Crippen LogP contribution in [-0.2, 0) is 44.1 Å². The Morgan fingerprint density at radius 1 is 0.596 bits per heavy atom. The first-order valence-electron chi connectivity index (χ1n) is 17.1. The first-order valence-corrected chi connectivity index (χ1v) is 20.0. The zero-order valence-corrected chi connectivity index (χ0v) is 35.3. The third kappa shape index (κ3) is 7.97. The van der Waals surface area contributed by atoms with E-state index < -0.39 is 8.07 Å². The summed E-state index contributed by atoms with van der Waals surface area (Å²) in [6.45, 7) is 26.3. The first kappa shape index (κ1) is 42.1. The van der Waals surface area contributed by atoms with E-state index in [0.717, 1.165) is 12.8 Å². The summed E-state index contributed by atoms with van der Waals surface area (Å²) < 4.78 is 0.636. The van der Waals surface area contributed by atoms with Crippen LogP contribution in [0.2, 0.25) is 9.76 Å². The van der Waals surface area contributed by atoms with Gasteiger partial charge >= 0.3 is 284 Å². The van der Waals surface area contributed by atoms with E-state index >= 15 is 0 Å². The number of hydrogen-bond donors (Lipinski definition) is 0.